The standard InChI is InChI=1S/C20H20FNO4/c21-17-7-1-4-14(10-17)12-22(13-18-8-3-9-26-18)19(23)15-5-2-6-16(11-15)20(24)25/h1-2,4-7,10-11,18H,3,8-9,12-13H2,(H,24,25). The van der Waals surface area contributed by atoms with Crippen LogP contribution in [-0.2, 0) is 11.3 Å². The minimum atomic E-state index is -1.09. The molecule has 0 aliphatic carbocycles. The second-order valence-corrected chi connectivity index (χ2v) is 6.34. The molecule has 5 nitrogen and oxygen atoms in total. The molecule has 1 N–H and O–H groups in total. The summed E-state index contributed by atoms with van der Waals surface area (Å²) in [6.45, 7) is 1.28. The molecule has 0 aromatic heterocycles. The van der Waals surface area contributed by atoms with E-state index in [9.17, 15) is 14.0 Å². The second-order valence-electron chi connectivity index (χ2n) is 6.34. The van der Waals surface area contributed by atoms with Gasteiger partial charge in [0.05, 0.1) is 11.7 Å². The predicted octanol–water partition coefficient (Wildman–Crippen LogP) is 3.35. The van der Waals surface area contributed by atoms with Crippen LogP contribution in [0.5, 0.6) is 0 Å². The fourth-order valence-corrected chi connectivity index (χ4v) is 3.08. The summed E-state index contributed by atoms with van der Waals surface area (Å²) < 4.78 is 19.1. The number of hydrogen-bond acceptors (Lipinski definition) is 3. The Hall–Kier alpha value is -2.73. The molecule has 1 aliphatic heterocycles. The van der Waals surface area contributed by atoms with Gasteiger partial charge >= 0.3 is 5.97 Å². The van der Waals surface area contributed by atoms with Gasteiger partial charge in [0, 0.05) is 25.3 Å². The monoisotopic (exact) mass is 357 g/mol. The number of nitrogens with zero attached hydrogens (tertiary/aromatic N) is 1. The van der Waals surface area contributed by atoms with Crippen LogP contribution in [0.4, 0.5) is 4.39 Å². The summed E-state index contributed by atoms with van der Waals surface area (Å²) in [6, 6.07) is 12.0. The van der Waals surface area contributed by atoms with E-state index >= 15 is 0 Å². The molecule has 3 rings (SSSR count). The minimum absolute atomic E-state index is 0.0543. The Morgan fingerprint density at radius 3 is 2.62 bits per heavy atom. The number of ether oxygens (including phenoxy) is 1. The Balaban J connectivity index is 1.84. The molecule has 2 aromatic rings. The number of carboxylic acids is 1. The molecule has 0 bridgehead atoms. The molecule has 1 aliphatic rings. The maximum absolute atomic E-state index is 13.5. The summed E-state index contributed by atoms with van der Waals surface area (Å²) in [5.74, 6) is -1.75. The fourth-order valence-electron chi connectivity index (χ4n) is 3.08. The van der Waals surface area contributed by atoms with E-state index in [2.05, 4.69) is 0 Å². The van der Waals surface area contributed by atoms with Crippen LogP contribution < -0.4 is 0 Å². The first-order valence-corrected chi connectivity index (χ1v) is 8.51. The molecule has 136 valence electrons. The van der Waals surface area contributed by atoms with Gasteiger partial charge in [-0.2, -0.15) is 0 Å². The fraction of sp³-hybridized carbons (Fsp3) is 0.300. The Kier molecular flexibility index (Phi) is 5.63. The van der Waals surface area contributed by atoms with E-state index in [1.54, 1.807) is 29.2 Å². The van der Waals surface area contributed by atoms with Gasteiger partial charge in [0.1, 0.15) is 5.82 Å². The minimum Gasteiger partial charge on any atom is -0.478 e. The molecule has 1 heterocycles. The molecule has 0 saturated carbocycles. The zero-order chi connectivity index (χ0) is 18.5. The van der Waals surface area contributed by atoms with Crippen LogP contribution in [0.2, 0.25) is 0 Å². The third kappa shape index (κ3) is 4.46. The van der Waals surface area contributed by atoms with Crippen molar-refractivity contribution in [3.8, 4) is 0 Å². The SMILES string of the molecule is O=C(O)c1cccc(C(=O)N(Cc2cccc(F)c2)CC2CCCO2)c1. The lowest BCUT2D eigenvalue weighted by molar-refractivity contribution is 0.0507. The molecule has 1 fully saturated rings. The van der Waals surface area contributed by atoms with Crippen molar-refractivity contribution in [2.75, 3.05) is 13.2 Å². The molecule has 6 heteroatoms. The Morgan fingerprint density at radius 1 is 1.15 bits per heavy atom. The Labute approximate surface area is 151 Å². The molecule has 26 heavy (non-hydrogen) atoms. The highest BCUT2D eigenvalue weighted by atomic mass is 19.1. The number of benzene rings is 2. The first-order chi connectivity index (χ1) is 12.5. The lowest BCUT2D eigenvalue weighted by atomic mass is 10.1. The molecular formula is C20H20FNO4. The van der Waals surface area contributed by atoms with E-state index in [-0.39, 0.29) is 29.9 Å². The van der Waals surface area contributed by atoms with Crippen molar-refractivity contribution in [2.24, 2.45) is 0 Å². The summed E-state index contributed by atoms with van der Waals surface area (Å²) in [4.78, 5) is 25.7. The van der Waals surface area contributed by atoms with Crippen molar-refractivity contribution in [2.45, 2.75) is 25.5 Å². The average molecular weight is 357 g/mol. The number of carbonyl (C=O) groups is 2. The largest absolute Gasteiger partial charge is 0.478 e. The summed E-state index contributed by atoms with van der Waals surface area (Å²) in [5, 5.41) is 9.14. The van der Waals surface area contributed by atoms with Crippen LogP contribution in [-0.4, -0.2) is 41.1 Å². The van der Waals surface area contributed by atoms with Crippen LogP contribution in [0.1, 0.15) is 39.1 Å². The third-order valence-electron chi connectivity index (χ3n) is 4.35. The summed E-state index contributed by atoms with van der Waals surface area (Å²) in [6.07, 6.45) is 1.75. The van der Waals surface area contributed by atoms with Gasteiger partial charge in [-0.1, -0.05) is 18.2 Å². The predicted molar refractivity (Wildman–Crippen MR) is 93.5 cm³/mol. The van der Waals surface area contributed by atoms with Crippen molar-refractivity contribution < 1.29 is 23.8 Å². The molecule has 1 unspecified atom stereocenters. The van der Waals surface area contributed by atoms with E-state index < -0.39 is 5.97 Å². The highest BCUT2D eigenvalue weighted by Crippen LogP contribution is 2.18. The number of aromatic carboxylic acids is 1. The molecule has 1 atom stereocenters. The number of amides is 1. The molecule has 1 amide bonds. The molecule has 1 saturated heterocycles. The van der Waals surface area contributed by atoms with Crippen molar-refractivity contribution in [3.63, 3.8) is 0 Å². The van der Waals surface area contributed by atoms with Crippen LogP contribution in [0.15, 0.2) is 48.5 Å². The first kappa shape index (κ1) is 18.1. The number of halogens is 1. The smallest absolute Gasteiger partial charge is 0.335 e. The van der Waals surface area contributed by atoms with Gasteiger partial charge < -0.3 is 14.7 Å². The van der Waals surface area contributed by atoms with Gasteiger partial charge in [-0.15, -0.1) is 0 Å². The maximum atomic E-state index is 13.5. The van der Waals surface area contributed by atoms with E-state index in [0.717, 1.165) is 12.8 Å². The van der Waals surface area contributed by atoms with Gasteiger partial charge in [-0.05, 0) is 48.7 Å². The summed E-state index contributed by atoms with van der Waals surface area (Å²) in [7, 11) is 0. The van der Waals surface area contributed by atoms with Crippen molar-refractivity contribution in [1.82, 2.24) is 4.90 Å². The van der Waals surface area contributed by atoms with Gasteiger partial charge in [-0.25, -0.2) is 9.18 Å². The third-order valence-corrected chi connectivity index (χ3v) is 4.35. The zero-order valence-corrected chi connectivity index (χ0v) is 14.2. The highest BCUT2D eigenvalue weighted by Gasteiger charge is 2.24. The second kappa shape index (κ2) is 8.10. The zero-order valence-electron chi connectivity index (χ0n) is 14.2. The van der Waals surface area contributed by atoms with E-state index in [1.165, 1.54) is 24.3 Å². The lowest BCUT2D eigenvalue weighted by Gasteiger charge is -2.26. The average Bonchev–Trinajstić information content (AvgIpc) is 3.14. The summed E-state index contributed by atoms with van der Waals surface area (Å²) >= 11 is 0. The Morgan fingerprint density at radius 2 is 1.92 bits per heavy atom. The van der Waals surface area contributed by atoms with Gasteiger partial charge in [0.15, 0.2) is 0 Å². The first-order valence-electron chi connectivity index (χ1n) is 8.51. The molecule has 2 aromatic carbocycles. The van der Waals surface area contributed by atoms with E-state index in [1.807, 2.05) is 0 Å². The van der Waals surface area contributed by atoms with E-state index in [4.69, 9.17) is 9.84 Å². The van der Waals surface area contributed by atoms with Crippen LogP contribution in [0.25, 0.3) is 0 Å². The quantitative estimate of drug-likeness (QED) is 0.861. The number of hydrogen-bond donors (Lipinski definition) is 1. The van der Waals surface area contributed by atoms with Crippen LogP contribution >= 0.6 is 0 Å². The molecule has 0 spiro atoms. The summed E-state index contributed by atoms with van der Waals surface area (Å²) in [5.41, 5.74) is 1.02. The van der Waals surface area contributed by atoms with Crippen molar-refractivity contribution >= 4 is 11.9 Å². The maximum Gasteiger partial charge on any atom is 0.335 e. The van der Waals surface area contributed by atoms with Gasteiger partial charge in [0.2, 0.25) is 0 Å². The normalized spacial score (nSPS) is 16.4. The van der Waals surface area contributed by atoms with Gasteiger partial charge in [-0.3, -0.25) is 4.79 Å². The van der Waals surface area contributed by atoms with E-state index in [0.29, 0.717) is 24.3 Å². The molecule has 0 radical (unpaired) electrons. The number of carbonyl (C=O) groups excluding carboxylic acids is 1. The topological polar surface area (TPSA) is 66.8 Å². The Bertz CT molecular complexity index is 802. The molecular weight excluding hydrogens is 337 g/mol. The highest BCUT2D eigenvalue weighted by molar-refractivity contribution is 5.97. The van der Waals surface area contributed by atoms with Gasteiger partial charge in [0.25, 0.3) is 5.91 Å². The van der Waals surface area contributed by atoms with Crippen LogP contribution in [0, 0.1) is 5.82 Å². The number of carboxylic acid groups (broad SMARTS) is 1. The number of rotatable bonds is 6. The van der Waals surface area contributed by atoms with Crippen LogP contribution in [0.3, 0.4) is 0 Å². The van der Waals surface area contributed by atoms with Crippen molar-refractivity contribution in [3.05, 3.63) is 71.0 Å². The lowest BCUT2D eigenvalue weighted by Crippen LogP contribution is -2.37. The van der Waals surface area contributed by atoms with Crippen molar-refractivity contribution in [1.29, 1.82) is 0 Å².